The molecule has 0 spiro atoms. The van der Waals surface area contributed by atoms with Gasteiger partial charge in [0.15, 0.2) is 0 Å². The minimum atomic E-state index is 0.795. The highest BCUT2D eigenvalue weighted by atomic mass is 16.6. The van der Waals surface area contributed by atoms with Gasteiger partial charge in [0.05, 0.1) is 5.52 Å². The highest BCUT2D eigenvalue weighted by molar-refractivity contribution is 6.11. The van der Waals surface area contributed by atoms with Crippen molar-refractivity contribution in [3.05, 3.63) is 36.4 Å². The average molecular weight is 223 g/mol. The van der Waals surface area contributed by atoms with Gasteiger partial charge in [-0.1, -0.05) is 18.2 Å². The molecular weight excluding hydrogens is 214 g/mol. The van der Waals surface area contributed by atoms with Crippen molar-refractivity contribution in [3.8, 4) is 0 Å². The maximum atomic E-state index is 4.75. The number of aromatic nitrogens is 3. The van der Waals surface area contributed by atoms with Crippen molar-refractivity contribution >= 4 is 32.8 Å². The van der Waals surface area contributed by atoms with Crippen LogP contribution in [0.25, 0.3) is 32.8 Å². The highest BCUT2D eigenvalue weighted by Crippen LogP contribution is 2.30. The van der Waals surface area contributed by atoms with Crippen LogP contribution >= 0.6 is 0 Å². The zero-order valence-electron chi connectivity index (χ0n) is 9.21. The highest BCUT2D eigenvalue weighted by Gasteiger charge is 2.10. The van der Waals surface area contributed by atoms with Gasteiger partial charge in [-0.3, -0.25) is 0 Å². The van der Waals surface area contributed by atoms with Gasteiger partial charge in [0, 0.05) is 23.3 Å². The predicted molar refractivity (Wildman–Crippen MR) is 65.8 cm³/mol. The van der Waals surface area contributed by atoms with E-state index in [4.69, 9.17) is 4.63 Å². The minimum Gasteiger partial charge on any atom is -0.344 e. The molecule has 4 heteroatoms. The standard InChI is InChI=1S/C13H9N3O/c1-16-12-5-3-2-4-8(12)9-6-10-11(7-13(9)16)15-17-14-10/h2-7H,1H3. The Morgan fingerprint density at radius 1 is 0.941 bits per heavy atom. The largest absolute Gasteiger partial charge is 0.344 e. The van der Waals surface area contributed by atoms with E-state index in [-0.39, 0.29) is 0 Å². The molecule has 0 aliphatic heterocycles. The van der Waals surface area contributed by atoms with Crippen molar-refractivity contribution in [3.63, 3.8) is 0 Å². The van der Waals surface area contributed by atoms with Crippen molar-refractivity contribution in [1.82, 2.24) is 14.9 Å². The first kappa shape index (κ1) is 8.75. The molecule has 0 amide bonds. The van der Waals surface area contributed by atoms with Crippen LogP contribution in [-0.2, 0) is 7.05 Å². The Morgan fingerprint density at radius 3 is 2.59 bits per heavy atom. The lowest BCUT2D eigenvalue weighted by molar-refractivity contribution is 0.315. The van der Waals surface area contributed by atoms with Gasteiger partial charge in [-0.05, 0) is 28.5 Å². The number of rotatable bonds is 0. The lowest BCUT2D eigenvalue weighted by Crippen LogP contribution is -1.85. The lowest BCUT2D eigenvalue weighted by atomic mass is 10.1. The Balaban J connectivity index is 2.36. The molecule has 4 rings (SSSR count). The maximum Gasteiger partial charge on any atom is 0.137 e. The van der Waals surface area contributed by atoms with E-state index in [0.717, 1.165) is 16.6 Å². The van der Waals surface area contributed by atoms with E-state index >= 15 is 0 Å². The molecule has 0 bridgehead atoms. The zero-order chi connectivity index (χ0) is 11.4. The van der Waals surface area contributed by atoms with E-state index in [2.05, 4.69) is 34.1 Å². The molecule has 0 fully saturated rings. The van der Waals surface area contributed by atoms with E-state index in [1.165, 1.54) is 16.3 Å². The molecule has 17 heavy (non-hydrogen) atoms. The molecular formula is C13H9N3O. The Bertz CT molecular complexity index is 857. The molecule has 0 aliphatic rings. The predicted octanol–water partition coefficient (Wildman–Crippen LogP) is 2.87. The first-order valence-corrected chi connectivity index (χ1v) is 5.44. The van der Waals surface area contributed by atoms with E-state index in [0.29, 0.717) is 0 Å². The van der Waals surface area contributed by atoms with Crippen LogP contribution in [0.5, 0.6) is 0 Å². The van der Waals surface area contributed by atoms with Crippen LogP contribution in [0.15, 0.2) is 41.0 Å². The summed E-state index contributed by atoms with van der Waals surface area (Å²) in [6.45, 7) is 0. The fourth-order valence-corrected chi connectivity index (χ4v) is 2.44. The molecule has 0 saturated carbocycles. The second-order valence-electron chi connectivity index (χ2n) is 4.20. The second kappa shape index (κ2) is 2.85. The van der Waals surface area contributed by atoms with Gasteiger partial charge >= 0.3 is 0 Å². The molecule has 0 aliphatic carbocycles. The molecule has 2 aromatic carbocycles. The van der Waals surface area contributed by atoms with Gasteiger partial charge in [0.2, 0.25) is 0 Å². The van der Waals surface area contributed by atoms with Crippen LogP contribution < -0.4 is 0 Å². The number of para-hydroxylation sites is 1. The number of hydrogen-bond acceptors (Lipinski definition) is 3. The third kappa shape index (κ3) is 1.02. The summed E-state index contributed by atoms with van der Waals surface area (Å²) in [6.07, 6.45) is 0. The SMILES string of the molecule is Cn1c2ccccc2c2cc3nonc3cc21. The van der Waals surface area contributed by atoms with Crippen molar-refractivity contribution < 1.29 is 4.63 Å². The molecule has 2 aromatic heterocycles. The first-order valence-electron chi connectivity index (χ1n) is 5.44. The third-order valence-corrected chi connectivity index (χ3v) is 3.29. The zero-order valence-corrected chi connectivity index (χ0v) is 9.21. The average Bonchev–Trinajstić information content (AvgIpc) is 2.92. The summed E-state index contributed by atoms with van der Waals surface area (Å²) in [7, 11) is 2.06. The van der Waals surface area contributed by atoms with Crippen molar-refractivity contribution in [1.29, 1.82) is 0 Å². The normalized spacial score (nSPS) is 11.8. The van der Waals surface area contributed by atoms with Crippen molar-refractivity contribution in [2.45, 2.75) is 0 Å². The molecule has 0 radical (unpaired) electrons. The summed E-state index contributed by atoms with van der Waals surface area (Å²) in [6, 6.07) is 12.4. The van der Waals surface area contributed by atoms with Crippen LogP contribution in [0.2, 0.25) is 0 Å². The fourth-order valence-electron chi connectivity index (χ4n) is 2.44. The monoisotopic (exact) mass is 223 g/mol. The molecule has 0 unspecified atom stereocenters. The van der Waals surface area contributed by atoms with Crippen molar-refractivity contribution in [2.75, 3.05) is 0 Å². The second-order valence-corrected chi connectivity index (χ2v) is 4.20. The van der Waals surface area contributed by atoms with E-state index < -0.39 is 0 Å². The molecule has 4 nitrogen and oxygen atoms in total. The number of hydrogen-bond donors (Lipinski definition) is 0. The Morgan fingerprint density at radius 2 is 1.71 bits per heavy atom. The van der Waals surface area contributed by atoms with Gasteiger partial charge in [0.1, 0.15) is 11.0 Å². The number of nitrogens with zero attached hydrogens (tertiary/aromatic N) is 3. The number of aryl methyl sites for hydroxylation is 1. The quantitative estimate of drug-likeness (QED) is 0.460. The van der Waals surface area contributed by atoms with Gasteiger partial charge in [0.25, 0.3) is 0 Å². The molecule has 0 atom stereocenters. The van der Waals surface area contributed by atoms with E-state index in [1.807, 2.05) is 24.3 Å². The Hall–Kier alpha value is -2.36. The smallest absolute Gasteiger partial charge is 0.137 e. The summed E-state index contributed by atoms with van der Waals surface area (Å²) >= 11 is 0. The lowest BCUT2D eigenvalue weighted by Gasteiger charge is -1.96. The van der Waals surface area contributed by atoms with Crippen molar-refractivity contribution in [2.24, 2.45) is 7.05 Å². The Kier molecular flexibility index (Phi) is 1.47. The number of benzene rings is 2. The third-order valence-electron chi connectivity index (χ3n) is 3.29. The fraction of sp³-hybridized carbons (Fsp3) is 0.0769. The summed E-state index contributed by atoms with van der Waals surface area (Å²) in [5, 5.41) is 10.2. The van der Waals surface area contributed by atoms with Crippen LogP contribution in [0.1, 0.15) is 0 Å². The van der Waals surface area contributed by atoms with Gasteiger partial charge in [-0.2, -0.15) is 0 Å². The maximum absolute atomic E-state index is 4.75. The van der Waals surface area contributed by atoms with Gasteiger partial charge < -0.3 is 4.57 Å². The summed E-state index contributed by atoms with van der Waals surface area (Å²) in [5.74, 6) is 0. The van der Waals surface area contributed by atoms with Gasteiger partial charge in [-0.25, -0.2) is 4.63 Å². The van der Waals surface area contributed by atoms with Crippen LogP contribution in [-0.4, -0.2) is 14.9 Å². The van der Waals surface area contributed by atoms with Crippen LogP contribution in [0.4, 0.5) is 0 Å². The van der Waals surface area contributed by atoms with Crippen LogP contribution in [0.3, 0.4) is 0 Å². The number of fused-ring (bicyclic) bond motifs is 4. The minimum absolute atomic E-state index is 0.795. The molecule has 0 saturated heterocycles. The summed E-state index contributed by atoms with van der Waals surface area (Å²) < 4.78 is 6.91. The first-order chi connectivity index (χ1) is 8.34. The molecule has 4 aromatic rings. The molecule has 0 N–H and O–H groups in total. The summed E-state index contributed by atoms with van der Waals surface area (Å²) in [5.41, 5.74) is 3.96. The van der Waals surface area contributed by atoms with Gasteiger partial charge in [-0.15, -0.1) is 0 Å². The Labute approximate surface area is 96.4 Å². The van der Waals surface area contributed by atoms with E-state index in [1.54, 1.807) is 0 Å². The molecule has 82 valence electrons. The summed E-state index contributed by atoms with van der Waals surface area (Å²) in [4.78, 5) is 0. The van der Waals surface area contributed by atoms with Crippen LogP contribution in [0, 0.1) is 0 Å². The molecule has 2 heterocycles. The van der Waals surface area contributed by atoms with E-state index in [9.17, 15) is 0 Å². The topological polar surface area (TPSA) is 43.9 Å².